The third-order valence-electron chi connectivity index (χ3n) is 6.85. The second-order valence-electron chi connectivity index (χ2n) is 8.44. The summed E-state index contributed by atoms with van der Waals surface area (Å²) in [7, 11) is 1.93. The Balaban J connectivity index is 1.74. The number of carboxylic acid groups (broad SMARTS) is 1. The number of likely N-dealkylation sites (N-methyl/N-ethyl adjacent to an activating group) is 1. The largest absolute Gasteiger partial charge is 0.477 e. The zero-order chi connectivity index (χ0) is 20.4. The fourth-order valence-corrected chi connectivity index (χ4v) is 5.76. The number of hydrogen-bond acceptors (Lipinski definition) is 4. The summed E-state index contributed by atoms with van der Waals surface area (Å²) in [6, 6.07) is 1.76. The summed E-state index contributed by atoms with van der Waals surface area (Å²) in [6.45, 7) is 0.662. The maximum Gasteiger partial charge on any atom is 0.341 e. The zero-order valence-electron chi connectivity index (χ0n) is 16.1. The van der Waals surface area contributed by atoms with Crippen molar-refractivity contribution in [1.82, 2.24) is 9.88 Å². The second kappa shape index (κ2) is 6.71. The maximum absolute atomic E-state index is 15.3. The number of benzene rings is 1. The molecule has 29 heavy (non-hydrogen) atoms. The predicted molar refractivity (Wildman–Crippen MR) is 110 cm³/mol. The highest BCUT2D eigenvalue weighted by atomic mass is 35.5. The number of carbonyl (C=O) groups is 1. The molecular formula is C21H23ClFN3O3. The fraction of sp³-hybridized carbons (Fsp3) is 0.524. The number of rotatable bonds is 4. The lowest BCUT2D eigenvalue weighted by Crippen LogP contribution is -2.33. The lowest BCUT2D eigenvalue weighted by Gasteiger charge is -2.28. The van der Waals surface area contributed by atoms with E-state index in [0.717, 1.165) is 32.1 Å². The van der Waals surface area contributed by atoms with E-state index in [-0.39, 0.29) is 34.1 Å². The van der Waals surface area contributed by atoms with Gasteiger partial charge in [0.05, 0.1) is 21.6 Å². The summed E-state index contributed by atoms with van der Waals surface area (Å²) in [5, 5.41) is 13.0. The number of aromatic nitrogens is 1. The minimum atomic E-state index is -1.31. The molecule has 3 aliphatic rings. The smallest absolute Gasteiger partial charge is 0.341 e. The van der Waals surface area contributed by atoms with Crippen LogP contribution in [0.5, 0.6) is 0 Å². The standard InChI is InChI=1S/C21H23ClFN3O3/c1-24-15-9-26(16-4-2-3-11(15)16)19-14(23)7-12-18(17(19)22)25(10-5-6-10)8-13(20(12)27)21(28)29/h7-8,10-11,15-16,24H,2-6,9H2,1H3,(H,28,29)/t11-,15+,16-/m1/s1. The van der Waals surface area contributed by atoms with Gasteiger partial charge in [-0.25, -0.2) is 9.18 Å². The summed E-state index contributed by atoms with van der Waals surface area (Å²) in [4.78, 5) is 26.3. The van der Waals surface area contributed by atoms with Crippen LogP contribution < -0.4 is 15.6 Å². The number of nitrogens with one attached hydrogen (secondary N) is 1. The van der Waals surface area contributed by atoms with Gasteiger partial charge < -0.3 is 19.9 Å². The van der Waals surface area contributed by atoms with Gasteiger partial charge in [-0.15, -0.1) is 0 Å². The van der Waals surface area contributed by atoms with Crippen molar-refractivity contribution in [3.05, 3.63) is 38.9 Å². The minimum absolute atomic E-state index is 0.0374. The van der Waals surface area contributed by atoms with E-state index in [1.807, 2.05) is 7.05 Å². The minimum Gasteiger partial charge on any atom is -0.477 e. The molecule has 2 aromatic rings. The Morgan fingerprint density at radius 1 is 1.31 bits per heavy atom. The van der Waals surface area contributed by atoms with Crippen LogP contribution in [0.15, 0.2) is 17.1 Å². The van der Waals surface area contributed by atoms with Gasteiger partial charge in [0.15, 0.2) is 0 Å². The lowest BCUT2D eigenvalue weighted by atomic mass is 9.99. The quantitative estimate of drug-likeness (QED) is 0.794. The summed E-state index contributed by atoms with van der Waals surface area (Å²) >= 11 is 6.78. The molecular weight excluding hydrogens is 397 g/mol. The molecule has 2 saturated carbocycles. The molecule has 0 spiro atoms. The van der Waals surface area contributed by atoms with Gasteiger partial charge in [0.2, 0.25) is 5.43 Å². The molecule has 1 aliphatic heterocycles. The molecule has 1 aromatic carbocycles. The van der Waals surface area contributed by atoms with E-state index < -0.39 is 17.2 Å². The third kappa shape index (κ3) is 2.78. The van der Waals surface area contributed by atoms with Crippen LogP contribution in [-0.4, -0.2) is 41.3 Å². The molecule has 6 nitrogen and oxygen atoms in total. The Kier molecular flexibility index (Phi) is 4.37. The van der Waals surface area contributed by atoms with Gasteiger partial charge in [0.25, 0.3) is 0 Å². The molecule has 3 atom stereocenters. The zero-order valence-corrected chi connectivity index (χ0v) is 16.9. The average molecular weight is 420 g/mol. The highest BCUT2D eigenvalue weighted by molar-refractivity contribution is 6.38. The van der Waals surface area contributed by atoms with Crippen molar-refractivity contribution in [3.8, 4) is 0 Å². The van der Waals surface area contributed by atoms with Crippen LogP contribution in [-0.2, 0) is 0 Å². The first-order valence-electron chi connectivity index (χ1n) is 10.2. The first-order chi connectivity index (χ1) is 13.9. The van der Waals surface area contributed by atoms with Crippen molar-refractivity contribution < 1.29 is 14.3 Å². The van der Waals surface area contributed by atoms with Gasteiger partial charge in [-0.05, 0) is 44.7 Å². The predicted octanol–water partition coefficient (Wildman–Crippen LogP) is 3.40. The van der Waals surface area contributed by atoms with Gasteiger partial charge in [-0.1, -0.05) is 18.0 Å². The monoisotopic (exact) mass is 419 g/mol. The molecule has 8 heteroatoms. The molecule has 3 fully saturated rings. The Bertz CT molecular complexity index is 1080. The number of anilines is 1. The highest BCUT2D eigenvalue weighted by Gasteiger charge is 2.45. The Morgan fingerprint density at radius 2 is 2.07 bits per heavy atom. The van der Waals surface area contributed by atoms with E-state index >= 15 is 4.39 Å². The molecule has 2 N–H and O–H groups in total. The van der Waals surface area contributed by atoms with Crippen LogP contribution in [0.25, 0.3) is 10.9 Å². The van der Waals surface area contributed by atoms with Crippen molar-refractivity contribution in [2.24, 2.45) is 5.92 Å². The van der Waals surface area contributed by atoms with Crippen molar-refractivity contribution in [2.45, 2.75) is 50.2 Å². The molecule has 0 bridgehead atoms. The first-order valence-corrected chi connectivity index (χ1v) is 10.5. The maximum atomic E-state index is 15.3. The van der Waals surface area contributed by atoms with Gasteiger partial charge >= 0.3 is 5.97 Å². The number of fused-ring (bicyclic) bond motifs is 2. The molecule has 0 amide bonds. The number of aromatic carboxylic acids is 1. The van der Waals surface area contributed by atoms with Crippen LogP contribution in [0.4, 0.5) is 10.1 Å². The van der Waals surface area contributed by atoms with Crippen LogP contribution in [0.2, 0.25) is 5.02 Å². The molecule has 1 aromatic heterocycles. The average Bonchev–Trinajstić information content (AvgIpc) is 3.31. The van der Waals surface area contributed by atoms with Gasteiger partial charge in [-0.3, -0.25) is 4.79 Å². The number of hydrogen-bond donors (Lipinski definition) is 2. The SMILES string of the molecule is CN[C@H]1CN(c2c(F)cc3c(=O)c(C(=O)O)cn(C4CC4)c3c2Cl)[C@@H]2CCC[C@H]12. The van der Waals surface area contributed by atoms with E-state index in [9.17, 15) is 14.7 Å². The summed E-state index contributed by atoms with van der Waals surface area (Å²) in [5.74, 6) is -1.42. The molecule has 2 aliphatic carbocycles. The Hall–Kier alpha value is -2.12. The Labute approximate surface area is 172 Å². The number of pyridine rings is 1. The van der Waals surface area contributed by atoms with E-state index in [1.54, 1.807) is 4.57 Å². The third-order valence-corrected chi connectivity index (χ3v) is 7.21. The van der Waals surface area contributed by atoms with Crippen LogP contribution in [0, 0.1) is 11.7 Å². The summed E-state index contributed by atoms with van der Waals surface area (Å²) in [5.41, 5.74) is -0.251. The van der Waals surface area contributed by atoms with Crippen molar-refractivity contribution in [1.29, 1.82) is 0 Å². The lowest BCUT2D eigenvalue weighted by molar-refractivity contribution is 0.0695. The molecule has 0 unspecified atom stereocenters. The van der Waals surface area contributed by atoms with Crippen LogP contribution in [0.3, 0.4) is 0 Å². The molecule has 154 valence electrons. The van der Waals surface area contributed by atoms with Gasteiger partial charge in [-0.2, -0.15) is 0 Å². The Morgan fingerprint density at radius 3 is 2.72 bits per heavy atom. The van der Waals surface area contributed by atoms with Gasteiger partial charge in [0.1, 0.15) is 11.4 Å². The molecule has 1 saturated heterocycles. The van der Waals surface area contributed by atoms with Crippen molar-refractivity contribution in [2.75, 3.05) is 18.5 Å². The van der Waals surface area contributed by atoms with E-state index in [4.69, 9.17) is 11.6 Å². The molecule has 2 heterocycles. The topological polar surface area (TPSA) is 74.6 Å². The van der Waals surface area contributed by atoms with E-state index in [2.05, 4.69) is 10.2 Å². The van der Waals surface area contributed by atoms with Crippen LogP contribution in [0.1, 0.15) is 48.5 Å². The highest BCUT2D eigenvalue weighted by Crippen LogP contribution is 2.46. The van der Waals surface area contributed by atoms with Gasteiger partial charge in [0, 0.05) is 30.9 Å². The summed E-state index contributed by atoms with van der Waals surface area (Å²) in [6.07, 6.45) is 6.34. The summed E-state index contributed by atoms with van der Waals surface area (Å²) < 4.78 is 17.1. The first kappa shape index (κ1) is 18.9. The second-order valence-corrected chi connectivity index (χ2v) is 8.82. The van der Waals surface area contributed by atoms with E-state index in [1.165, 1.54) is 12.3 Å². The van der Waals surface area contributed by atoms with Crippen molar-refractivity contribution in [3.63, 3.8) is 0 Å². The molecule has 5 rings (SSSR count). The fourth-order valence-electron chi connectivity index (χ4n) is 5.36. The number of halogens is 2. The number of carboxylic acids is 1. The van der Waals surface area contributed by atoms with E-state index in [0.29, 0.717) is 23.7 Å². The van der Waals surface area contributed by atoms with Crippen molar-refractivity contribution >= 4 is 34.2 Å². The van der Waals surface area contributed by atoms with Crippen LogP contribution >= 0.6 is 11.6 Å². The number of nitrogens with zero attached hydrogens (tertiary/aromatic N) is 2. The normalized spacial score (nSPS) is 26.3. The molecule has 0 radical (unpaired) electrons.